The van der Waals surface area contributed by atoms with Crippen LogP contribution in [0.2, 0.25) is 0 Å². The summed E-state index contributed by atoms with van der Waals surface area (Å²) in [6.07, 6.45) is -7.86. The van der Waals surface area contributed by atoms with Gasteiger partial charge in [-0.15, -0.1) is 0 Å². The molecule has 0 saturated carbocycles. The third-order valence-corrected chi connectivity index (χ3v) is 5.57. The molecule has 0 radical (unpaired) electrons. The third kappa shape index (κ3) is 8.04. The van der Waals surface area contributed by atoms with Gasteiger partial charge in [0.2, 0.25) is 0 Å². The normalized spacial score (nSPS) is 12.8. The summed E-state index contributed by atoms with van der Waals surface area (Å²) in [5, 5.41) is 11.3. The smallest absolute Gasteiger partial charge is 0.416 e. The number of hydrogen-bond donors (Lipinski definition) is 2. The van der Waals surface area contributed by atoms with Crippen LogP contribution in [0, 0.1) is 5.92 Å². The molecule has 0 aliphatic carbocycles. The molecular weight excluding hydrogens is 490 g/mol. The predicted octanol–water partition coefficient (Wildman–Crippen LogP) is 4.56. The van der Waals surface area contributed by atoms with Gasteiger partial charge in [0.05, 0.1) is 17.5 Å². The second-order valence-corrected chi connectivity index (χ2v) is 8.18. The number of hydrogen-bond acceptors (Lipinski definition) is 5. The summed E-state index contributed by atoms with van der Waals surface area (Å²) in [7, 11) is 0. The van der Waals surface area contributed by atoms with E-state index in [9.17, 15) is 40.7 Å². The number of rotatable bonds is 10. The van der Waals surface area contributed by atoms with Gasteiger partial charge < -0.3 is 10.4 Å². The van der Waals surface area contributed by atoms with E-state index in [1.807, 2.05) is 0 Å². The molecule has 2 aromatic rings. The maximum absolute atomic E-state index is 12.9. The van der Waals surface area contributed by atoms with Gasteiger partial charge in [-0.05, 0) is 30.3 Å². The number of halogens is 6. The van der Waals surface area contributed by atoms with Crippen LogP contribution in [0.1, 0.15) is 38.3 Å². The van der Waals surface area contributed by atoms with Crippen LogP contribution in [0.3, 0.4) is 0 Å². The zero-order valence-corrected chi connectivity index (χ0v) is 18.1. The second-order valence-electron chi connectivity index (χ2n) is 7.03. The molecule has 0 aliphatic rings. The Balaban J connectivity index is 1.98. The number of pyridine rings is 1. The van der Waals surface area contributed by atoms with E-state index in [0.29, 0.717) is 12.1 Å². The van der Waals surface area contributed by atoms with Gasteiger partial charge in [0.25, 0.3) is 5.91 Å². The molecule has 0 fully saturated rings. The lowest BCUT2D eigenvalue weighted by atomic mass is 9.97. The fraction of sp³-hybridized carbons (Fsp3) is 0.333. The van der Waals surface area contributed by atoms with Crippen molar-refractivity contribution in [3.8, 4) is 0 Å². The largest absolute Gasteiger partial charge is 0.481 e. The molecule has 2 rings (SSSR count). The first kappa shape index (κ1) is 27.2. The lowest BCUT2D eigenvalue weighted by Crippen LogP contribution is -2.27. The molecule has 34 heavy (non-hydrogen) atoms. The van der Waals surface area contributed by atoms with Gasteiger partial charge in [0, 0.05) is 47.5 Å². The molecule has 1 amide bonds. The van der Waals surface area contributed by atoms with Crippen molar-refractivity contribution >= 4 is 29.4 Å². The third-order valence-electron chi connectivity index (χ3n) is 4.44. The molecule has 13 heteroatoms. The highest BCUT2D eigenvalue weighted by atomic mass is 32.2. The van der Waals surface area contributed by atoms with Crippen molar-refractivity contribution in [2.45, 2.75) is 18.8 Å². The Hall–Kier alpha value is -3.09. The number of thioether (sulfide) groups is 1. The Morgan fingerprint density at radius 2 is 1.62 bits per heavy atom. The zero-order chi connectivity index (χ0) is 25.5. The molecule has 0 bridgehead atoms. The summed E-state index contributed by atoms with van der Waals surface area (Å²) in [4.78, 5) is 39.5. The van der Waals surface area contributed by atoms with E-state index in [0.717, 1.165) is 11.8 Å². The Morgan fingerprint density at radius 3 is 2.12 bits per heavy atom. The van der Waals surface area contributed by atoms with Crippen LogP contribution in [-0.4, -0.2) is 45.8 Å². The van der Waals surface area contributed by atoms with Crippen molar-refractivity contribution in [2.24, 2.45) is 5.92 Å². The number of ketones is 1. The number of carbonyl (C=O) groups excluding carboxylic acids is 2. The number of benzene rings is 1. The highest BCUT2D eigenvalue weighted by molar-refractivity contribution is 7.99. The van der Waals surface area contributed by atoms with Gasteiger partial charge in [0.15, 0.2) is 5.78 Å². The van der Waals surface area contributed by atoms with Gasteiger partial charge in [-0.1, -0.05) is 0 Å². The summed E-state index contributed by atoms with van der Waals surface area (Å²) in [6, 6.07) is 3.58. The summed E-state index contributed by atoms with van der Waals surface area (Å²) < 4.78 is 77.6. The van der Waals surface area contributed by atoms with Crippen LogP contribution in [0.5, 0.6) is 0 Å². The molecule has 1 atom stereocenters. The number of nitrogens with zero attached hydrogens (tertiary/aromatic N) is 1. The predicted molar refractivity (Wildman–Crippen MR) is 110 cm³/mol. The monoisotopic (exact) mass is 508 g/mol. The van der Waals surface area contributed by atoms with Crippen LogP contribution < -0.4 is 5.32 Å². The van der Waals surface area contributed by atoms with E-state index >= 15 is 0 Å². The molecule has 184 valence electrons. The molecule has 0 spiro atoms. The number of carbonyl (C=O) groups is 3. The van der Waals surface area contributed by atoms with Gasteiger partial charge in [0.1, 0.15) is 0 Å². The molecule has 0 aliphatic heterocycles. The maximum atomic E-state index is 12.9. The van der Waals surface area contributed by atoms with Gasteiger partial charge in [-0.3, -0.25) is 19.4 Å². The van der Waals surface area contributed by atoms with E-state index in [2.05, 4.69) is 10.3 Å². The first-order valence-electron chi connectivity index (χ1n) is 9.60. The van der Waals surface area contributed by atoms with E-state index < -0.39 is 59.0 Å². The van der Waals surface area contributed by atoms with Crippen molar-refractivity contribution in [1.82, 2.24) is 10.3 Å². The van der Waals surface area contributed by atoms with Gasteiger partial charge in [-0.25, -0.2) is 0 Å². The SMILES string of the molecule is O=C(O)CC(CSCCNC(=O)c1cc(C(F)(F)F)cc(C(F)(F)F)c1)C(=O)c1cccnc1. The summed E-state index contributed by atoms with van der Waals surface area (Å²) in [5.74, 6) is -3.45. The topological polar surface area (TPSA) is 96.4 Å². The molecule has 1 unspecified atom stereocenters. The first-order valence-corrected chi connectivity index (χ1v) is 10.8. The first-order chi connectivity index (χ1) is 15.8. The van der Waals surface area contributed by atoms with Crippen molar-refractivity contribution in [1.29, 1.82) is 0 Å². The molecule has 6 nitrogen and oxygen atoms in total. The lowest BCUT2D eigenvalue weighted by Gasteiger charge is -2.15. The minimum absolute atomic E-state index is 0.0671. The van der Waals surface area contributed by atoms with Crippen molar-refractivity contribution in [2.75, 3.05) is 18.1 Å². The molecular formula is C21H18F6N2O4S. The van der Waals surface area contributed by atoms with E-state index in [-0.39, 0.29) is 29.7 Å². The molecule has 1 aromatic carbocycles. The lowest BCUT2D eigenvalue weighted by molar-refractivity contribution is -0.143. The standard InChI is InChI=1S/C21H18F6N2O4S/c22-20(23,24)15-6-13(7-16(9-15)21(25,26)27)19(33)29-4-5-34-11-14(8-17(30)31)18(32)12-2-1-3-28-10-12/h1-3,6-7,9-10,14H,4-5,8,11H2,(H,29,33)(H,30,31). The number of amides is 1. The maximum Gasteiger partial charge on any atom is 0.416 e. The number of alkyl halides is 6. The molecule has 1 aromatic heterocycles. The zero-order valence-electron chi connectivity index (χ0n) is 17.2. The van der Waals surface area contributed by atoms with Gasteiger partial charge in [-0.2, -0.15) is 38.1 Å². The fourth-order valence-corrected chi connectivity index (χ4v) is 3.80. The van der Waals surface area contributed by atoms with Crippen molar-refractivity contribution in [3.05, 3.63) is 65.0 Å². The number of nitrogens with one attached hydrogen (secondary N) is 1. The number of carboxylic acid groups (broad SMARTS) is 1. The highest BCUT2D eigenvalue weighted by Crippen LogP contribution is 2.36. The molecule has 2 N–H and O–H groups in total. The van der Waals surface area contributed by atoms with Crippen molar-refractivity contribution < 1.29 is 45.8 Å². The van der Waals surface area contributed by atoms with Crippen LogP contribution in [0.25, 0.3) is 0 Å². The summed E-state index contributed by atoms with van der Waals surface area (Å²) in [5.41, 5.74) is -3.78. The summed E-state index contributed by atoms with van der Waals surface area (Å²) >= 11 is 1.10. The van der Waals surface area contributed by atoms with E-state index in [1.54, 1.807) is 0 Å². The van der Waals surface area contributed by atoms with E-state index in [1.165, 1.54) is 24.5 Å². The molecule has 1 heterocycles. The van der Waals surface area contributed by atoms with Crippen LogP contribution in [-0.2, 0) is 17.1 Å². The number of Topliss-reactive ketones (excluding diaryl/α,β-unsaturated/α-hetero) is 1. The minimum atomic E-state index is -5.08. The average molecular weight is 508 g/mol. The Bertz CT molecular complexity index is 996. The second kappa shape index (κ2) is 11.4. The number of aromatic nitrogens is 1. The van der Waals surface area contributed by atoms with Crippen LogP contribution >= 0.6 is 11.8 Å². The summed E-state index contributed by atoms with van der Waals surface area (Å²) in [6.45, 7) is -0.137. The average Bonchev–Trinajstić information content (AvgIpc) is 2.76. The van der Waals surface area contributed by atoms with Gasteiger partial charge >= 0.3 is 18.3 Å². The fourth-order valence-electron chi connectivity index (χ4n) is 2.83. The quantitative estimate of drug-likeness (QED) is 0.278. The Kier molecular flexibility index (Phi) is 9.07. The van der Waals surface area contributed by atoms with Crippen molar-refractivity contribution in [3.63, 3.8) is 0 Å². The highest BCUT2D eigenvalue weighted by Gasteiger charge is 2.37. The molecule has 0 saturated heterocycles. The Labute approximate surface area is 193 Å². The number of aliphatic carboxylic acids is 1. The van der Waals surface area contributed by atoms with E-state index in [4.69, 9.17) is 5.11 Å². The minimum Gasteiger partial charge on any atom is -0.481 e. The number of carboxylic acids is 1. The Morgan fingerprint density at radius 1 is 1.00 bits per heavy atom. The van der Waals surface area contributed by atoms with Crippen LogP contribution in [0.4, 0.5) is 26.3 Å². The van der Waals surface area contributed by atoms with Crippen LogP contribution in [0.15, 0.2) is 42.7 Å².